The Balaban J connectivity index is 2.87. The van der Waals surface area contributed by atoms with Crippen LogP contribution in [0.2, 0.25) is 5.02 Å². The third-order valence-electron chi connectivity index (χ3n) is 2.65. The van der Waals surface area contributed by atoms with Crippen LogP contribution in [0, 0.1) is 18.3 Å². The zero-order valence-electron chi connectivity index (χ0n) is 10.1. The minimum absolute atomic E-state index is 0.403. The van der Waals surface area contributed by atoms with Crippen LogP contribution in [0.3, 0.4) is 0 Å². The summed E-state index contributed by atoms with van der Waals surface area (Å²) < 4.78 is 5.47. The van der Waals surface area contributed by atoms with Gasteiger partial charge in [-0.05, 0) is 38.0 Å². The van der Waals surface area contributed by atoms with E-state index in [2.05, 4.69) is 6.07 Å². The number of hydrogen-bond donors (Lipinski definition) is 1. The van der Waals surface area contributed by atoms with Crippen molar-refractivity contribution in [1.29, 1.82) is 5.26 Å². The molecule has 1 aromatic rings. The molecule has 92 valence electrons. The highest BCUT2D eigenvalue weighted by molar-refractivity contribution is 6.31. The average molecular weight is 254 g/mol. The van der Waals surface area contributed by atoms with Gasteiger partial charge in [0.15, 0.2) is 6.10 Å². The fourth-order valence-electron chi connectivity index (χ4n) is 1.28. The SMILES string of the molecule is Cc1ccc(C(C#N)OC(C)C(C)O)cc1Cl. The number of aryl methyl sites for hydroxylation is 1. The van der Waals surface area contributed by atoms with Crippen molar-refractivity contribution in [3.05, 3.63) is 34.3 Å². The molecule has 3 nitrogen and oxygen atoms in total. The molecular formula is C13H16ClNO2. The van der Waals surface area contributed by atoms with Crippen molar-refractivity contribution in [1.82, 2.24) is 0 Å². The summed E-state index contributed by atoms with van der Waals surface area (Å²) >= 11 is 6.00. The summed E-state index contributed by atoms with van der Waals surface area (Å²) in [7, 11) is 0. The van der Waals surface area contributed by atoms with Crippen molar-refractivity contribution in [2.45, 2.75) is 39.1 Å². The van der Waals surface area contributed by atoms with Crippen molar-refractivity contribution < 1.29 is 9.84 Å². The lowest BCUT2D eigenvalue weighted by atomic mass is 10.1. The molecule has 0 aliphatic carbocycles. The summed E-state index contributed by atoms with van der Waals surface area (Å²) in [5.41, 5.74) is 1.66. The van der Waals surface area contributed by atoms with Crippen molar-refractivity contribution in [2.24, 2.45) is 0 Å². The van der Waals surface area contributed by atoms with Gasteiger partial charge in [0, 0.05) is 5.02 Å². The van der Waals surface area contributed by atoms with Crippen LogP contribution in [0.1, 0.15) is 31.1 Å². The van der Waals surface area contributed by atoms with Gasteiger partial charge in [0.25, 0.3) is 0 Å². The van der Waals surface area contributed by atoms with Crippen LogP contribution >= 0.6 is 11.6 Å². The molecule has 0 aliphatic heterocycles. The molecule has 0 aliphatic rings. The molecule has 3 unspecified atom stereocenters. The topological polar surface area (TPSA) is 53.2 Å². The lowest BCUT2D eigenvalue weighted by Gasteiger charge is -2.20. The first-order valence-corrected chi connectivity index (χ1v) is 5.82. The van der Waals surface area contributed by atoms with E-state index in [1.165, 1.54) is 0 Å². The van der Waals surface area contributed by atoms with Gasteiger partial charge in [-0.15, -0.1) is 0 Å². The lowest BCUT2D eigenvalue weighted by molar-refractivity contribution is -0.0426. The quantitative estimate of drug-likeness (QED) is 0.898. The maximum atomic E-state index is 9.35. The molecule has 1 aromatic carbocycles. The second-order valence-electron chi connectivity index (χ2n) is 4.10. The van der Waals surface area contributed by atoms with Crippen LogP contribution in [0.5, 0.6) is 0 Å². The van der Waals surface area contributed by atoms with E-state index >= 15 is 0 Å². The predicted octanol–water partition coefficient (Wildman–Crippen LogP) is 3.00. The number of aliphatic hydroxyl groups is 1. The average Bonchev–Trinajstić information content (AvgIpc) is 2.29. The Morgan fingerprint density at radius 1 is 1.41 bits per heavy atom. The molecule has 0 saturated heterocycles. The Kier molecular flexibility index (Phi) is 4.95. The molecular weight excluding hydrogens is 238 g/mol. The molecule has 0 radical (unpaired) electrons. The van der Waals surface area contributed by atoms with Crippen LogP contribution in [0.25, 0.3) is 0 Å². The van der Waals surface area contributed by atoms with Crippen LogP contribution in [-0.2, 0) is 4.74 Å². The first kappa shape index (κ1) is 14.0. The Morgan fingerprint density at radius 3 is 2.53 bits per heavy atom. The highest BCUT2D eigenvalue weighted by Crippen LogP contribution is 2.24. The fourth-order valence-corrected chi connectivity index (χ4v) is 1.47. The molecule has 4 heteroatoms. The molecule has 1 N–H and O–H groups in total. The second kappa shape index (κ2) is 6.02. The third kappa shape index (κ3) is 3.71. The summed E-state index contributed by atoms with van der Waals surface area (Å²) in [5.74, 6) is 0. The standard InChI is InChI=1S/C13H16ClNO2/c1-8-4-5-11(6-12(8)14)13(7-15)17-10(3)9(2)16/h4-6,9-10,13,16H,1-3H3. The van der Waals surface area contributed by atoms with Gasteiger partial charge in [0.2, 0.25) is 0 Å². The van der Waals surface area contributed by atoms with Crippen LogP contribution in [0.15, 0.2) is 18.2 Å². The third-order valence-corrected chi connectivity index (χ3v) is 3.05. The van der Waals surface area contributed by atoms with Crippen LogP contribution < -0.4 is 0 Å². The minimum atomic E-state index is -0.710. The predicted molar refractivity (Wildman–Crippen MR) is 66.8 cm³/mol. The largest absolute Gasteiger partial charge is 0.391 e. The van der Waals surface area contributed by atoms with Gasteiger partial charge in [0.05, 0.1) is 18.3 Å². The molecule has 0 heterocycles. The number of nitriles is 1. The molecule has 0 saturated carbocycles. The normalized spacial score (nSPS) is 16.0. The van der Waals surface area contributed by atoms with Gasteiger partial charge in [-0.1, -0.05) is 23.7 Å². The number of ether oxygens (including phenoxy) is 1. The number of rotatable bonds is 4. The highest BCUT2D eigenvalue weighted by Gasteiger charge is 2.18. The van der Waals surface area contributed by atoms with Crippen LogP contribution in [-0.4, -0.2) is 17.3 Å². The van der Waals surface area contributed by atoms with Crippen molar-refractivity contribution >= 4 is 11.6 Å². The van der Waals surface area contributed by atoms with E-state index in [0.29, 0.717) is 10.6 Å². The van der Waals surface area contributed by atoms with Crippen molar-refractivity contribution in [2.75, 3.05) is 0 Å². The smallest absolute Gasteiger partial charge is 0.169 e. The highest BCUT2D eigenvalue weighted by atomic mass is 35.5. The van der Waals surface area contributed by atoms with E-state index in [0.717, 1.165) is 5.56 Å². The first-order valence-electron chi connectivity index (χ1n) is 5.45. The Hall–Kier alpha value is -1.08. The molecule has 0 fully saturated rings. The Bertz CT molecular complexity index is 426. The second-order valence-corrected chi connectivity index (χ2v) is 4.51. The maximum absolute atomic E-state index is 9.35. The molecule has 0 aromatic heterocycles. The number of nitrogens with zero attached hydrogens (tertiary/aromatic N) is 1. The zero-order valence-corrected chi connectivity index (χ0v) is 10.9. The molecule has 0 amide bonds. The van der Waals surface area contributed by atoms with Gasteiger partial charge in [0.1, 0.15) is 0 Å². The molecule has 17 heavy (non-hydrogen) atoms. The van der Waals surface area contributed by atoms with Gasteiger partial charge in [-0.2, -0.15) is 5.26 Å². The summed E-state index contributed by atoms with van der Waals surface area (Å²) in [5, 5.41) is 19.0. The van der Waals surface area contributed by atoms with E-state index in [4.69, 9.17) is 21.6 Å². The molecule has 0 bridgehead atoms. The Labute approximate surface area is 107 Å². The number of aliphatic hydroxyl groups excluding tert-OH is 1. The molecule has 0 spiro atoms. The van der Waals surface area contributed by atoms with E-state index in [-0.39, 0.29) is 0 Å². The first-order chi connectivity index (χ1) is 7.95. The van der Waals surface area contributed by atoms with Gasteiger partial charge in [-0.3, -0.25) is 0 Å². The number of halogens is 1. The van der Waals surface area contributed by atoms with E-state index in [1.54, 1.807) is 19.9 Å². The lowest BCUT2D eigenvalue weighted by Crippen LogP contribution is -2.24. The van der Waals surface area contributed by atoms with Gasteiger partial charge >= 0.3 is 0 Å². The Morgan fingerprint density at radius 2 is 2.06 bits per heavy atom. The summed E-state index contributed by atoms with van der Waals surface area (Å²) in [6, 6.07) is 7.44. The van der Waals surface area contributed by atoms with E-state index in [9.17, 15) is 5.11 Å². The molecule has 1 rings (SSSR count). The van der Waals surface area contributed by atoms with Gasteiger partial charge < -0.3 is 9.84 Å². The van der Waals surface area contributed by atoms with Gasteiger partial charge in [-0.25, -0.2) is 0 Å². The maximum Gasteiger partial charge on any atom is 0.169 e. The van der Waals surface area contributed by atoms with E-state index < -0.39 is 18.3 Å². The number of benzene rings is 1. The minimum Gasteiger partial charge on any atom is -0.391 e. The van der Waals surface area contributed by atoms with Crippen molar-refractivity contribution in [3.63, 3.8) is 0 Å². The van der Waals surface area contributed by atoms with Crippen LogP contribution in [0.4, 0.5) is 0 Å². The summed E-state index contributed by atoms with van der Waals surface area (Å²) in [6.45, 7) is 5.25. The molecule has 3 atom stereocenters. The summed E-state index contributed by atoms with van der Waals surface area (Å²) in [6.07, 6.45) is -1.73. The summed E-state index contributed by atoms with van der Waals surface area (Å²) in [4.78, 5) is 0. The monoisotopic (exact) mass is 253 g/mol. The van der Waals surface area contributed by atoms with E-state index in [1.807, 2.05) is 19.1 Å². The zero-order chi connectivity index (χ0) is 13.0. The number of hydrogen-bond acceptors (Lipinski definition) is 3. The fraction of sp³-hybridized carbons (Fsp3) is 0.462. The van der Waals surface area contributed by atoms with Crippen molar-refractivity contribution in [3.8, 4) is 6.07 Å².